The van der Waals surface area contributed by atoms with Crippen molar-refractivity contribution in [1.29, 1.82) is 0 Å². The van der Waals surface area contributed by atoms with Crippen LogP contribution in [0.4, 0.5) is 0 Å². The maximum Gasteiger partial charge on any atom is 0.345 e. The van der Waals surface area contributed by atoms with Gasteiger partial charge in [0.25, 0.3) is 0 Å². The number of rotatable bonds is 2. The molecule has 4 heteroatoms. The van der Waals surface area contributed by atoms with Gasteiger partial charge >= 0.3 is 5.69 Å². The van der Waals surface area contributed by atoms with E-state index in [-0.39, 0.29) is 5.69 Å². The van der Waals surface area contributed by atoms with Gasteiger partial charge in [0.2, 0.25) is 0 Å². The lowest BCUT2D eigenvalue weighted by Gasteiger charge is -2.07. The normalized spacial score (nSPS) is 20.2. The zero-order valence-electron chi connectivity index (χ0n) is 7.42. The number of fused-ring (bicyclic) bond motifs is 1. The minimum absolute atomic E-state index is 0.248. The summed E-state index contributed by atoms with van der Waals surface area (Å²) < 4.78 is 0. The number of nitrogens with zero attached hydrogens (tertiary/aromatic N) is 1. The van der Waals surface area contributed by atoms with Gasteiger partial charge in [0.15, 0.2) is 0 Å². The maximum absolute atomic E-state index is 11.0. The number of aromatic nitrogens is 2. The molecule has 13 heavy (non-hydrogen) atoms. The fourth-order valence-electron chi connectivity index (χ4n) is 1.96. The van der Waals surface area contributed by atoms with Crippen molar-refractivity contribution < 1.29 is 0 Å². The monoisotopic (exact) mass is 179 g/mol. The fourth-order valence-corrected chi connectivity index (χ4v) is 1.96. The molecule has 4 nitrogen and oxygen atoms in total. The van der Waals surface area contributed by atoms with Crippen molar-refractivity contribution in [2.75, 3.05) is 6.54 Å². The Hall–Kier alpha value is -1.16. The number of nitrogens with one attached hydrogen (secondary N) is 1. The van der Waals surface area contributed by atoms with Crippen LogP contribution in [0.5, 0.6) is 0 Å². The first-order valence-electron chi connectivity index (χ1n) is 4.59. The van der Waals surface area contributed by atoms with E-state index in [1.54, 1.807) is 6.20 Å². The summed E-state index contributed by atoms with van der Waals surface area (Å²) in [5, 5.41) is 0. The molecule has 0 saturated carbocycles. The van der Waals surface area contributed by atoms with Gasteiger partial charge in [0, 0.05) is 17.8 Å². The Balaban J connectivity index is 2.35. The second-order valence-electron chi connectivity index (χ2n) is 3.44. The molecule has 3 N–H and O–H groups in total. The van der Waals surface area contributed by atoms with Gasteiger partial charge in [0.05, 0.1) is 0 Å². The summed E-state index contributed by atoms with van der Waals surface area (Å²) in [6, 6.07) is 0. The van der Waals surface area contributed by atoms with Crippen LogP contribution < -0.4 is 11.4 Å². The summed E-state index contributed by atoms with van der Waals surface area (Å²) in [5.74, 6) is 0.440. The summed E-state index contributed by atoms with van der Waals surface area (Å²) in [6.45, 7) is 0.675. The SMILES string of the molecule is NCCC1CCc2cnc(=O)[nH]c21. The molecular weight excluding hydrogens is 166 g/mol. The molecule has 1 aromatic heterocycles. The molecule has 1 aromatic rings. The predicted molar refractivity (Wildman–Crippen MR) is 49.6 cm³/mol. The molecule has 1 heterocycles. The summed E-state index contributed by atoms with van der Waals surface area (Å²) in [6.07, 6.45) is 4.75. The van der Waals surface area contributed by atoms with E-state index in [1.807, 2.05) is 0 Å². The third kappa shape index (κ3) is 1.49. The Kier molecular flexibility index (Phi) is 2.14. The van der Waals surface area contributed by atoms with Crippen LogP contribution in [0, 0.1) is 0 Å². The van der Waals surface area contributed by atoms with Crippen molar-refractivity contribution in [3.8, 4) is 0 Å². The first-order valence-corrected chi connectivity index (χ1v) is 4.59. The van der Waals surface area contributed by atoms with Gasteiger partial charge in [0.1, 0.15) is 0 Å². The highest BCUT2D eigenvalue weighted by Gasteiger charge is 2.22. The van der Waals surface area contributed by atoms with Crippen LogP contribution in [0.3, 0.4) is 0 Å². The Labute approximate surface area is 76.2 Å². The van der Waals surface area contributed by atoms with Gasteiger partial charge in [-0.25, -0.2) is 9.78 Å². The van der Waals surface area contributed by atoms with Crippen LogP contribution in [0.1, 0.15) is 30.0 Å². The molecule has 0 spiro atoms. The summed E-state index contributed by atoms with van der Waals surface area (Å²) >= 11 is 0. The fraction of sp³-hybridized carbons (Fsp3) is 0.556. The molecule has 0 amide bonds. The zero-order chi connectivity index (χ0) is 9.26. The van der Waals surface area contributed by atoms with E-state index in [4.69, 9.17) is 5.73 Å². The number of nitrogens with two attached hydrogens (primary N) is 1. The molecule has 1 aliphatic carbocycles. The number of aromatic amines is 1. The minimum Gasteiger partial charge on any atom is -0.330 e. The van der Waals surface area contributed by atoms with Gasteiger partial charge in [-0.2, -0.15) is 0 Å². The second kappa shape index (κ2) is 3.30. The maximum atomic E-state index is 11.0. The van der Waals surface area contributed by atoms with E-state index in [0.29, 0.717) is 12.5 Å². The quantitative estimate of drug-likeness (QED) is 0.678. The van der Waals surface area contributed by atoms with Gasteiger partial charge < -0.3 is 10.7 Å². The lowest BCUT2D eigenvalue weighted by Crippen LogP contribution is -2.14. The lowest BCUT2D eigenvalue weighted by molar-refractivity contribution is 0.613. The average Bonchev–Trinajstić information content (AvgIpc) is 2.49. The molecule has 0 saturated heterocycles. The summed E-state index contributed by atoms with van der Waals surface area (Å²) in [7, 11) is 0. The highest BCUT2D eigenvalue weighted by Crippen LogP contribution is 2.31. The molecule has 1 atom stereocenters. The van der Waals surface area contributed by atoms with Crippen LogP contribution in [0.15, 0.2) is 11.0 Å². The van der Waals surface area contributed by atoms with Crippen LogP contribution in [-0.4, -0.2) is 16.5 Å². The largest absolute Gasteiger partial charge is 0.345 e. The molecule has 1 unspecified atom stereocenters. The van der Waals surface area contributed by atoms with Gasteiger partial charge in [-0.15, -0.1) is 0 Å². The van der Waals surface area contributed by atoms with E-state index in [1.165, 1.54) is 5.56 Å². The van der Waals surface area contributed by atoms with E-state index in [2.05, 4.69) is 9.97 Å². The van der Waals surface area contributed by atoms with E-state index in [0.717, 1.165) is 25.0 Å². The molecule has 0 fully saturated rings. The standard InChI is InChI=1S/C9H13N3O/c10-4-3-6-1-2-7-5-11-9(13)12-8(6)7/h5-6H,1-4,10H2,(H,11,12,13). The Morgan fingerprint density at radius 2 is 2.54 bits per heavy atom. The molecule has 2 rings (SSSR count). The van der Waals surface area contributed by atoms with Gasteiger partial charge in [-0.1, -0.05) is 0 Å². The number of aryl methyl sites for hydroxylation is 1. The van der Waals surface area contributed by atoms with Crippen LogP contribution >= 0.6 is 0 Å². The molecule has 0 radical (unpaired) electrons. The molecule has 0 bridgehead atoms. The van der Waals surface area contributed by atoms with E-state index >= 15 is 0 Å². The van der Waals surface area contributed by atoms with Crippen molar-refractivity contribution in [1.82, 2.24) is 9.97 Å². The van der Waals surface area contributed by atoms with Crippen LogP contribution in [-0.2, 0) is 6.42 Å². The van der Waals surface area contributed by atoms with E-state index < -0.39 is 0 Å². The smallest absolute Gasteiger partial charge is 0.330 e. The van der Waals surface area contributed by atoms with Crippen molar-refractivity contribution in [3.63, 3.8) is 0 Å². The second-order valence-corrected chi connectivity index (χ2v) is 3.44. The van der Waals surface area contributed by atoms with Crippen molar-refractivity contribution in [2.24, 2.45) is 5.73 Å². The first kappa shape index (κ1) is 8.44. The number of H-pyrrole nitrogens is 1. The minimum atomic E-state index is -0.248. The topological polar surface area (TPSA) is 71.8 Å². The van der Waals surface area contributed by atoms with Crippen molar-refractivity contribution in [2.45, 2.75) is 25.2 Å². The Morgan fingerprint density at radius 3 is 3.31 bits per heavy atom. The molecule has 0 aliphatic heterocycles. The highest BCUT2D eigenvalue weighted by atomic mass is 16.1. The van der Waals surface area contributed by atoms with Crippen LogP contribution in [0.25, 0.3) is 0 Å². The Bertz CT molecular complexity index is 356. The summed E-state index contributed by atoms with van der Waals surface area (Å²) in [5.41, 5.74) is 7.49. The Morgan fingerprint density at radius 1 is 1.69 bits per heavy atom. The zero-order valence-corrected chi connectivity index (χ0v) is 7.42. The third-order valence-corrected chi connectivity index (χ3v) is 2.61. The van der Waals surface area contributed by atoms with Crippen molar-refractivity contribution >= 4 is 0 Å². The average molecular weight is 179 g/mol. The number of hydrogen-bond donors (Lipinski definition) is 2. The first-order chi connectivity index (χ1) is 6.31. The molecular formula is C9H13N3O. The van der Waals surface area contributed by atoms with Gasteiger partial charge in [-0.3, -0.25) is 0 Å². The van der Waals surface area contributed by atoms with Crippen molar-refractivity contribution in [3.05, 3.63) is 27.9 Å². The third-order valence-electron chi connectivity index (χ3n) is 2.61. The number of hydrogen-bond acceptors (Lipinski definition) is 3. The predicted octanol–water partition coefficient (Wildman–Crippen LogP) is 0.148. The van der Waals surface area contributed by atoms with Gasteiger partial charge in [-0.05, 0) is 31.4 Å². The van der Waals surface area contributed by atoms with Crippen LogP contribution in [0.2, 0.25) is 0 Å². The van der Waals surface area contributed by atoms with E-state index in [9.17, 15) is 4.79 Å². The highest BCUT2D eigenvalue weighted by molar-refractivity contribution is 5.25. The molecule has 70 valence electrons. The lowest BCUT2D eigenvalue weighted by atomic mass is 10.0. The molecule has 0 aromatic carbocycles. The molecule has 1 aliphatic rings. The summed E-state index contributed by atoms with van der Waals surface area (Å²) in [4.78, 5) is 17.5.